The average molecular weight is 131 g/mol. The predicted molar refractivity (Wildman–Crippen MR) is 32.0 cm³/mol. The number of ketones is 1. The van der Waals surface area contributed by atoms with Gasteiger partial charge in [-0.3, -0.25) is 9.18 Å². The van der Waals surface area contributed by atoms with Gasteiger partial charge in [-0.05, 0) is 0 Å². The molecule has 0 saturated carbocycles. The van der Waals surface area contributed by atoms with Gasteiger partial charge >= 0.3 is 0 Å². The summed E-state index contributed by atoms with van der Waals surface area (Å²) >= 11 is 0. The van der Waals surface area contributed by atoms with Crippen molar-refractivity contribution < 1.29 is 9.18 Å². The van der Waals surface area contributed by atoms with Crippen LogP contribution in [0.2, 0.25) is 0 Å². The van der Waals surface area contributed by atoms with Crippen LogP contribution in [0.4, 0.5) is 4.39 Å². The lowest BCUT2D eigenvalue weighted by Gasteiger charge is -2.17. The summed E-state index contributed by atoms with van der Waals surface area (Å²) in [6, 6.07) is 0. The lowest BCUT2D eigenvalue weighted by atomic mass is 10.00. The quantitative estimate of drug-likeness (QED) is 0.548. The minimum atomic E-state index is -0.508. The fraction of sp³-hybridized carbons (Fsp3) is 0.833. The molecule has 0 bridgehead atoms. The van der Waals surface area contributed by atoms with E-state index in [1.807, 2.05) is 0 Å². The van der Waals surface area contributed by atoms with Gasteiger partial charge in [-0.15, -0.1) is 0 Å². The zero-order valence-electron chi connectivity index (χ0n) is 5.19. The van der Waals surface area contributed by atoms with Crippen molar-refractivity contribution in [3.63, 3.8) is 0 Å². The third kappa shape index (κ3) is 1.48. The number of alkyl halides is 1. The van der Waals surface area contributed by atoms with Gasteiger partial charge in [0.2, 0.25) is 0 Å². The zero-order chi connectivity index (χ0) is 6.69. The Kier molecular flexibility index (Phi) is 2.16. The van der Waals surface area contributed by atoms with Gasteiger partial charge in [-0.2, -0.15) is 0 Å². The molecule has 1 aliphatic heterocycles. The lowest BCUT2D eigenvalue weighted by molar-refractivity contribution is -0.124. The minimum absolute atomic E-state index is 0.0660. The molecule has 0 aromatic rings. The van der Waals surface area contributed by atoms with Crippen molar-refractivity contribution in [2.24, 2.45) is 5.92 Å². The predicted octanol–water partition coefficient (Wildman–Crippen LogP) is 0.134. The van der Waals surface area contributed by atoms with Gasteiger partial charge in [0.25, 0.3) is 0 Å². The average Bonchev–Trinajstić information content (AvgIpc) is 1.89. The molecule has 0 aromatic heterocycles. The molecule has 1 N–H and O–H groups in total. The first-order valence-corrected chi connectivity index (χ1v) is 3.14. The SMILES string of the molecule is O=C1CCNCC1CF. The van der Waals surface area contributed by atoms with E-state index in [-0.39, 0.29) is 11.7 Å². The van der Waals surface area contributed by atoms with Crippen LogP contribution >= 0.6 is 0 Å². The first-order valence-electron chi connectivity index (χ1n) is 3.14. The topological polar surface area (TPSA) is 29.1 Å². The number of Topliss-reactive ketones (excluding diaryl/α,β-unsaturated/α-hetero) is 1. The fourth-order valence-corrected chi connectivity index (χ4v) is 0.946. The maximum atomic E-state index is 11.9. The Morgan fingerprint density at radius 2 is 2.56 bits per heavy atom. The van der Waals surface area contributed by atoms with Crippen molar-refractivity contribution in [1.82, 2.24) is 5.32 Å². The Balaban J connectivity index is 2.39. The van der Waals surface area contributed by atoms with Crippen LogP contribution in [0.3, 0.4) is 0 Å². The highest BCUT2D eigenvalue weighted by Crippen LogP contribution is 2.05. The number of piperidine rings is 1. The molecule has 0 amide bonds. The molecule has 52 valence electrons. The molecule has 2 nitrogen and oxygen atoms in total. The number of halogens is 1. The number of carbonyl (C=O) groups is 1. The van der Waals surface area contributed by atoms with Crippen molar-refractivity contribution in [3.8, 4) is 0 Å². The lowest BCUT2D eigenvalue weighted by Crippen LogP contribution is -2.37. The van der Waals surface area contributed by atoms with Crippen LogP contribution in [0.25, 0.3) is 0 Å². The third-order valence-corrected chi connectivity index (χ3v) is 1.58. The van der Waals surface area contributed by atoms with Gasteiger partial charge < -0.3 is 5.32 Å². The summed E-state index contributed by atoms with van der Waals surface area (Å²) in [5.74, 6) is -0.296. The van der Waals surface area contributed by atoms with Crippen LogP contribution in [0.15, 0.2) is 0 Å². The molecule has 1 atom stereocenters. The van der Waals surface area contributed by atoms with Gasteiger partial charge in [0, 0.05) is 19.5 Å². The van der Waals surface area contributed by atoms with E-state index in [0.717, 1.165) is 6.54 Å². The van der Waals surface area contributed by atoms with Crippen molar-refractivity contribution in [2.45, 2.75) is 6.42 Å². The Labute approximate surface area is 53.4 Å². The van der Waals surface area contributed by atoms with Gasteiger partial charge in [0.15, 0.2) is 0 Å². The maximum Gasteiger partial charge on any atom is 0.141 e. The van der Waals surface area contributed by atoms with E-state index in [1.54, 1.807) is 0 Å². The normalized spacial score (nSPS) is 28.6. The van der Waals surface area contributed by atoms with E-state index in [2.05, 4.69) is 5.32 Å². The standard InChI is InChI=1S/C6H10FNO/c7-3-5-4-8-2-1-6(5)9/h5,8H,1-4H2. The molecule has 1 unspecified atom stereocenters. The molecule has 9 heavy (non-hydrogen) atoms. The second-order valence-electron chi connectivity index (χ2n) is 2.27. The van der Waals surface area contributed by atoms with E-state index in [1.165, 1.54) is 0 Å². The molecule has 0 radical (unpaired) electrons. The van der Waals surface area contributed by atoms with E-state index < -0.39 is 6.67 Å². The molecule has 0 aliphatic carbocycles. The van der Waals surface area contributed by atoms with Crippen LogP contribution < -0.4 is 5.32 Å². The highest BCUT2D eigenvalue weighted by molar-refractivity contribution is 5.82. The van der Waals surface area contributed by atoms with E-state index >= 15 is 0 Å². The molecule has 0 aromatic carbocycles. The molecule has 1 rings (SSSR count). The fourth-order valence-electron chi connectivity index (χ4n) is 0.946. The molecule has 1 saturated heterocycles. The van der Waals surface area contributed by atoms with E-state index in [9.17, 15) is 9.18 Å². The highest BCUT2D eigenvalue weighted by atomic mass is 19.1. The molecule has 1 fully saturated rings. The van der Waals surface area contributed by atoms with Crippen LogP contribution in [0.1, 0.15) is 6.42 Å². The first-order chi connectivity index (χ1) is 4.34. The number of carbonyl (C=O) groups excluding carboxylic acids is 1. The molecule has 0 spiro atoms. The first kappa shape index (κ1) is 6.68. The van der Waals surface area contributed by atoms with Gasteiger partial charge in [-0.1, -0.05) is 0 Å². The second-order valence-corrected chi connectivity index (χ2v) is 2.27. The van der Waals surface area contributed by atoms with Gasteiger partial charge in [-0.25, -0.2) is 0 Å². The van der Waals surface area contributed by atoms with Gasteiger partial charge in [0.1, 0.15) is 12.5 Å². The summed E-state index contributed by atoms with van der Waals surface area (Å²) < 4.78 is 11.9. The molecule has 1 aliphatic rings. The highest BCUT2D eigenvalue weighted by Gasteiger charge is 2.20. The largest absolute Gasteiger partial charge is 0.315 e. The van der Waals surface area contributed by atoms with Crippen molar-refractivity contribution in [2.75, 3.05) is 19.8 Å². The number of rotatable bonds is 1. The van der Waals surface area contributed by atoms with Crippen molar-refractivity contribution >= 4 is 5.78 Å². The molecular weight excluding hydrogens is 121 g/mol. The molecule has 1 heterocycles. The Hall–Kier alpha value is -0.440. The minimum Gasteiger partial charge on any atom is -0.315 e. The maximum absolute atomic E-state index is 11.9. The smallest absolute Gasteiger partial charge is 0.141 e. The molecule has 3 heteroatoms. The summed E-state index contributed by atoms with van der Waals surface area (Å²) in [6.07, 6.45) is 0.495. The Bertz CT molecular complexity index is 116. The Morgan fingerprint density at radius 3 is 3.00 bits per heavy atom. The van der Waals surface area contributed by atoms with Crippen molar-refractivity contribution in [3.05, 3.63) is 0 Å². The summed E-state index contributed by atoms with van der Waals surface area (Å²) in [5.41, 5.74) is 0. The molecular formula is C6H10FNO. The number of hydrogen-bond acceptors (Lipinski definition) is 2. The summed E-state index contributed by atoms with van der Waals surface area (Å²) in [7, 11) is 0. The van der Waals surface area contributed by atoms with Crippen LogP contribution in [-0.2, 0) is 4.79 Å². The van der Waals surface area contributed by atoms with E-state index in [0.29, 0.717) is 13.0 Å². The van der Waals surface area contributed by atoms with Gasteiger partial charge in [0.05, 0.1) is 5.92 Å². The third-order valence-electron chi connectivity index (χ3n) is 1.58. The number of hydrogen-bond donors (Lipinski definition) is 1. The van der Waals surface area contributed by atoms with Crippen LogP contribution in [0, 0.1) is 5.92 Å². The summed E-state index contributed by atoms with van der Waals surface area (Å²) in [6.45, 7) is 0.733. The van der Waals surface area contributed by atoms with E-state index in [4.69, 9.17) is 0 Å². The summed E-state index contributed by atoms with van der Waals surface area (Å²) in [5, 5.41) is 2.96. The van der Waals surface area contributed by atoms with Crippen molar-refractivity contribution in [1.29, 1.82) is 0 Å². The second kappa shape index (κ2) is 2.92. The Morgan fingerprint density at radius 1 is 1.78 bits per heavy atom. The number of nitrogens with one attached hydrogen (secondary N) is 1. The monoisotopic (exact) mass is 131 g/mol. The zero-order valence-corrected chi connectivity index (χ0v) is 5.19. The van der Waals surface area contributed by atoms with Crippen LogP contribution in [0.5, 0.6) is 0 Å². The summed E-state index contributed by atoms with van der Waals surface area (Å²) in [4.78, 5) is 10.7. The van der Waals surface area contributed by atoms with Crippen LogP contribution in [-0.4, -0.2) is 25.5 Å².